The van der Waals surface area contributed by atoms with E-state index in [9.17, 15) is 4.79 Å². The van der Waals surface area contributed by atoms with E-state index in [1.54, 1.807) is 0 Å². The molecule has 4 aromatic rings. The lowest BCUT2D eigenvalue weighted by Gasteiger charge is -2.13. The summed E-state index contributed by atoms with van der Waals surface area (Å²) in [6, 6.07) is 18.2. The van der Waals surface area contributed by atoms with Crippen LogP contribution in [0.3, 0.4) is 0 Å². The fraction of sp³-hybridized carbons (Fsp3) is 0.280. The van der Waals surface area contributed by atoms with Gasteiger partial charge in [0.05, 0.1) is 22.5 Å². The summed E-state index contributed by atoms with van der Waals surface area (Å²) in [6.07, 6.45) is 1.63. The lowest BCUT2D eigenvalue weighted by atomic mass is 10.1. The first-order chi connectivity index (χ1) is 15.1. The Bertz CT molecular complexity index is 1160. The summed E-state index contributed by atoms with van der Waals surface area (Å²) in [7, 11) is 0. The van der Waals surface area contributed by atoms with Crippen LogP contribution in [0, 0.1) is 13.8 Å². The highest BCUT2D eigenvalue weighted by Crippen LogP contribution is 2.21. The summed E-state index contributed by atoms with van der Waals surface area (Å²) >= 11 is 1.46. The van der Waals surface area contributed by atoms with Gasteiger partial charge < -0.3 is 14.6 Å². The number of hydrogen-bond acceptors (Lipinski definition) is 4. The first-order valence-corrected chi connectivity index (χ1v) is 11.5. The van der Waals surface area contributed by atoms with Crippen LogP contribution in [0.4, 0.5) is 0 Å². The molecular formula is C25H27N3O2S. The van der Waals surface area contributed by atoms with Crippen LogP contribution in [0.25, 0.3) is 11.0 Å². The average Bonchev–Trinajstić information content (AvgIpc) is 3.42. The van der Waals surface area contributed by atoms with E-state index in [0.29, 0.717) is 13.2 Å². The van der Waals surface area contributed by atoms with Crippen molar-refractivity contribution in [3.8, 4) is 5.75 Å². The first-order valence-electron chi connectivity index (χ1n) is 10.6. The second kappa shape index (κ2) is 9.79. The smallest absolute Gasteiger partial charge is 0.261 e. The predicted octanol–water partition coefficient (Wildman–Crippen LogP) is 5.16. The number of fused-ring (bicyclic) bond motifs is 1. The van der Waals surface area contributed by atoms with E-state index in [-0.39, 0.29) is 5.91 Å². The standard InChI is InChI=1S/C25H27N3O2S/c1-18-11-12-19(2)22(17-18)30-15-14-28-21-8-4-3-7-20(21)27-24(28)10-5-13-26-25(29)23-9-6-16-31-23/h3-4,6-9,11-12,16-17H,5,10,13-15H2,1-2H3,(H,26,29). The van der Waals surface area contributed by atoms with Crippen molar-refractivity contribution in [3.63, 3.8) is 0 Å². The maximum Gasteiger partial charge on any atom is 0.261 e. The fourth-order valence-corrected chi connectivity index (χ4v) is 4.26. The Morgan fingerprint density at radius 2 is 2.00 bits per heavy atom. The number of para-hydroxylation sites is 2. The first kappa shape index (κ1) is 21.1. The molecule has 0 saturated heterocycles. The topological polar surface area (TPSA) is 56.1 Å². The van der Waals surface area contributed by atoms with Crippen molar-refractivity contribution in [1.82, 2.24) is 14.9 Å². The van der Waals surface area contributed by atoms with E-state index < -0.39 is 0 Å². The quantitative estimate of drug-likeness (QED) is 0.371. The minimum atomic E-state index is -0.00886. The van der Waals surface area contributed by atoms with E-state index in [2.05, 4.69) is 48.0 Å². The molecule has 0 aliphatic heterocycles. The summed E-state index contributed by atoms with van der Waals surface area (Å²) in [5, 5.41) is 4.91. The van der Waals surface area contributed by atoms with Crippen molar-refractivity contribution < 1.29 is 9.53 Å². The molecule has 4 rings (SSSR count). The van der Waals surface area contributed by atoms with Gasteiger partial charge in [0.1, 0.15) is 18.2 Å². The molecule has 1 amide bonds. The number of ether oxygens (including phenoxy) is 1. The third-order valence-corrected chi connectivity index (χ3v) is 6.13. The number of hydrogen-bond donors (Lipinski definition) is 1. The number of imidazole rings is 1. The molecule has 6 heteroatoms. The summed E-state index contributed by atoms with van der Waals surface area (Å²) in [4.78, 5) is 17.7. The number of carbonyl (C=O) groups excluding carboxylic acids is 1. The molecule has 0 atom stereocenters. The van der Waals surface area contributed by atoms with Crippen LogP contribution < -0.4 is 10.1 Å². The maximum atomic E-state index is 12.1. The third-order valence-electron chi connectivity index (χ3n) is 5.26. The molecule has 0 saturated carbocycles. The minimum Gasteiger partial charge on any atom is -0.491 e. The molecule has 0 bridgehead atoms. The number of nitrogens with one attached hydrogen (secondary N) is 1. The van der Waals surface area contributed by atoms with Gasteiger partial charge in [-0.15, -0.1) is 11.3 Å². The van der Waals surface area contributed by atoms with E-state index in [1.165, 1.54) is 16.9 Å². The molecule has 2 heterocycles. The van der Waals surface area contributed by atoms with Crippen LogP contribution in [0.2, 0.25) is 0 Å². The van der Waals surface area contributed by atoms with E-state index in [1.807, 2.05) is 35.7 Å². The van der Waals surface area contributed by atoms with Gasteiger partial charge in [0.2, 0.25) is 0 Å². The number of thiophene rings is 1. The Kier molecular flexibility index (Phi) is 6.67. The van der Waals surface area contributed by atoms with Crippen molar-refractivity contribution in [2.45, 2.75) is 33.2 Å². The van der Waals surface area contributed by atoms with Crippen LogP contribution in [0.1, 0.15) is 33.0 Å². The molecule has 5 nitrogen and oxygen atoms in total. The van der Waals surface area contributed by atoms with E-state index in [0.717, 1.165) is 52.4 Å². The number of carbonyl (C=O) groups is 1. The number of rotatable bonds is 9. The Balaban J connectivity index is 1.39. The summed E-state index contributed by atoms with van der Waals surface area (Å²) < 4.78 is 8.33. The Morgan fingerprint density at radius 1 is 1.13 bits per heavy atom. The van der Waals surface area contributed by atoms with Crippen LogP contribution >= 0.6 is 11.3 Å². The van der Waals surface area contributed by atoms with Crippen LogP contribution in [0.15, 0.2) is 60.0 Å². The molecule has 0 aliphatic carbocycles. The molecule has 31 heavy (non-hydrogen) atoms. The van der Waals surface area contributed by atoms with Gasteiger partial charge in [-0.05, 0) is 61.0 Å². The number of benzene rings is 2. The van der Waals surface area contributed by atoms with Crippen LogP contribution in [-0.4, -0.2) is 28.6 Å². The van der Waals surface area contributed by atoms with Crippen LogP contribution in [-0.2, 0) is 13.0 Å². The zero-order valence-corrected chi connectivity index (χ0v) is 18.7. The highest BCUT2D eigenvalue weighted by molar-refractivity contribution is 7.12. The highest BCUT2D eigenvalue weighted by Gasteiger charge is 2.11. The third kappa shape index (κ3) is 5.14. The highest BCUT2D eigenvalue weighted by atomic mass is 32.1. The second-order valence-electron chi connectivity index (χ2n) is 7.62. The Morgan fingerprint density at radius 3 is 2.84 bits per heavy atom. The van der Waals surface area contributed by atoms with Gasteiger partial charge in [-0.3, -0.25) is 4.79 Å². The predicted molar refractivity (Wildman–Crippen MR) is 126 cm³/mol. The van der Waals surface area contributed by atoms with Crippen molar-refractivity contribution in [2.75, 3.05) is 13.2 Å². The molecule has 0 spiro atoms. The number of nitrogens with zero attached hydrogens (tertiary/aromatic N) is 2. The van der Waals surface area contributed by atoms with E-state index >= 15 is 0 Å². The number of aryl methyl sites for hydroxylation is 3. The van der Waals surface area contributed by atoms with Gasteiger partial charge in [-0.25, -0.2) is 4.98 Å². The monoisotopic (exact) mass is 433 g/mol. The Hall–Kier alpha value is -3.12. The van der Waals surface area contributed by atoms with Gasteiger partial charge >= 0.3 is 0 Å². The summed E-state index contributed by atoms with van der Waals surface area (Å²) in [5.41, 5.74) is 4.44. The normalized spacial score (nSPS) is 11.0. The van der Waals surface area contributed by atoms with Gasteiger partial charge in [-0.2, -0.15) is 0 Å². The molecule has 0 unspecified atom stereocenters. The molecule has 2 aromatic carbocycles. The second-order valence-corrected chi connectivity index (χ2v) is 8.57. The van der Waals surface area contributed by atoms with Crippen molar-refractivity contribution in [3.05, 3.63) is 81.8 Å². The summed E-state index contributed by atoms with van der Waals surface area (Å²) in [6.45, 7) is 6.07. The fourth-order valence-electron chi connectivity index (χ4n) is 3.62. The van der Waals surface area contributed by atoms with Crippen molar-refractivity contribution in [2.24, 2.45) is 0 Å². The van der Waals surface area contributed by atoms with Crippen LogP contribution in [0.5, 0.6) is 5.75 Å². The Labute approximate surface area is 186 Å². The number of aromatic nitrogens is 2. The van der Waals surface area contributed by atoms with Gasteiger partial charge in [0, 0.05) is 13.0 Å². The number of amides is 1. The molecule has 0 fully saturated rings. The molecule has 0 radical (unpaired) electrons. The molecule has 2 aromatic heterocycles. The van der Waals surface area contributed by atoms with Crippen molar-refractivity contribution >= 4 is 28.3 Å². The average molecular weight is 434 g/mol. The van der Waals surface area contributed by atoms with Gasteiger partial charge in [0.15, 0.2) is 0 Å². The molecule has 0 aliphatic rings. The van der Waals surface area contributed by atoms with Crippen molar-refractivity contribution in [1.29, 1.82) is 0 Å². The molecular weight excluding hydrogens is 406 g/mol. The largest absolute Gasteiger partial charge is 0.491 e. The summed E-state index contributed by atoms with van der Waals surface area (Å²) in [5.74, 6) is 1.95. The lowest BCUT2D eigenvalue weighted by molar-refractivity contribution is 0.0957. The van der Waals surface area contributed by atoms with E-state index in [4.69, 9.17) is 9.72 Å². The lowest BCUT2D eigenvalue weighted by Crippen LogP contribution is -2.24. The minimum absolute atomic E-state index is 0.00886. The van der Waals surface area contributed by atoms with Gasteiger partial charge in [0.25, 0.3) is 5.91 Å². The van der Waals surface area contributed by atoms with Gasteiger partial charge in [-0.1, -0.05) is 30.3 Å². The SMILES string of the molecule is Cc1ccc(C)c(OCCn2c(CCCNC(=O)c3cccs3)nc3ccccc32)c1. The maximum absolute atomic E-state index is 12.1. The zero-order valence-electron chi connectivity index (χ0n) is 17.9. The molecule has 160 valence electrons. The molecule has 1 N–H and O–H groups in total. The zero-order chi connectivity index (χ0) is 21.6.